The van der Waals surface area contributed by atoms with Crippen LogP contribution < -0.4 is 0 Å². The molecule has 0 aromatic heterocycles. The quantitative estimate of drug-likeness (QED) is 0.566. The topological polar surface area (TPSA) is 60.2 Å². The van der Waals surface area contributed by atoms with E-state index in [0.29, 0.717) is 0 Å². The maximum atomic E-state index is 13.1. The number of carbonyl (C=O) groups excluding carboxylic acids is 1. The number of nitro benzene ring substituents is 1. The average molecular weight is 211 g/mol. The van der Waals surface area contributed by atoms with Crippen LogP contribution in [0.4, 0.5) is 10.1 Å². The number of halogens is 1. The Morgan fingerprint density at radius 2 is 2.20 bits per heavy atom. The van der Waals surface area contributed by atoms with Crippen LogP contribution in [0.3, 0.4) is 0 Å². The van der Waals surface area contributed by atoms with Gasteiger partial charge in [0.1, 0.15) is 5.78 Å². The van der Waals surface area contributed by atoms with Crippen molar-refractivity contribution in [2.75, 3.05) is 0 Å². The fraction of sp³-hybridized carbons (Fsp3) is 0.300. The minimum absolute atomic E-state index is 0.0927. The zero-order valence-electron chi connectivity index (χ0n) is 8.20. The van der Waals surface area contributed by atoms with E-state index in [-0.39, 0.29) is 24.2 Å². The van der Waals surface area contributed by atoms with E-state index in [1.54, 1.807) is 6.92 Å². The summed E-state index contributed by atoms with van der Waals surface area (Å²) in [6.07, 6.45) is 0.193. The van der Waals surface area contributed by atoms with Crippen molar-refractivity contribution in [3.8, 4) is 0 Å². The van der Waals surface area contributed by atoms with Crippen LogP contribution in [0.15, 0.2) is 18.2 Å². The van der Waals surface area contributed by atoms with Gasteiger partial charge in [-0.15, -0.1) is 0 Å². The smallest absolute Gasteiger partial charge is 0.299 e. The summed E-state index contributed by atoms with van der Waals surface area (Å²) in [5.41, 5.74) is -0.467. The Bertz CT molecular complexity index is 404. The molecule has 0 heterocycles. The van der Waals surface area contributed by atoms with E-state index in [2.05, 4.69) is 0 Å². The van der Waals surface area contributed by atoms with Crippen LogP contribution in [0.5, 0.6) is 0 Å². The highest BCUT2D eigenvalue weighted by atomic mass is 19.1. The lowest BCUT2D eigenvalue weighted by Crippen LogP contribution is -2.05. The second kappa shape index (κ2) is 4.63. The van der Waals surface area contributed by atoms with Gasteiger partial charge in [-0.05, 0) is 6.07 Å². The molecule has 0 unspecified atom stereocenters. The van der Waals surface area contributed by atoms with E-state index in [0.717, 1.165) is 6.07 Å². The predicted molar refractivity (Wildman–Crippen MR) is 52.1 cm³/mol. The van der Waals surface area contributed by atoms with Gasteiger partial charge in [-0.3, -0.25) is 14.9 Å². The van der Waals surface area contributed by atoms with Gasteiger partial charge in [-0.25, -0.2) is 0 Å². The first-order chi connectivity index (χ1) is 7.06. The summed E-state index contributed by atoms with van der Waals surface area (Å²) in [6.45, 7) is 1.66. The van der Waals surface area contributed by atoms with E-state index in [9.17, 15) is 19.3 Å². The number of nitrogens with zero attached hydrogens (tertiary/aromatic N) is 1. The molecule has 0 amide bonds. The molecule has 15 heavy (non-hydrogen) atoms. The second-order valence-electron chi connectivity index (χ2n) is 3.07. The maximum absolute atomic E-state index is 13.1. The van der Waals surface area contributed by atoms with Crippen molar-refractivity contribution in [1.29, 1.82) is 0 Å². The van der Waals surface area contributed by atoms with Crippen LogP contribution in [0.25, 0.3) is 0 Å². The number of carbonyl (C=O) groups is 1. The molecule has 0 radical (unpaired) electrons. The highest BCUT2D eigenvalue weighted by Gasteiger charge is 2.20. The number of Topliss-reactive ketones (excluding diaryl/α,β-unsaturated/α-hetero) is 1. The Balaban J connectivity index is 3.11. The van der Waals surface area contributed by atoms with Crippen LogP contribution in [0, 0.1) is 15.9 Å². The van der Waals surface area contributed by atoms with Crippen LogP contribution >= 0.6 is 0 Å². The van der Waals surface area contributed by atoms with Crippen LogP contribution in [-0.2, 0) is 11.2 Å². The number of nitro groups is 1. The van der Waals surface area contributed by atoms with E-state index in [1.807, 2.05) is 0 Å². The number of para-hydroxylation sites is 1. The van der Waals surface area contributed by atoms with Crippen molar-refractivity contribution in [3.05, 3.63) is 39.7 Å². The first kappa shape index (κ1) is 11.3. The van der Waals surface area contributed by atoms with Crippen LogP contribution in [0.1, 0.15) is 18.9 Å². The van der Waals surface area contributed by atoms with Gasteiger partial charge in [0.05, 0.1) is 4.92 Å². The Hall–Kier alpha value is -1.78. The number of rotatable bonds is 4. The van der Waals surface area contributed by atoms with Gasteiger partial charge >= 0.3 is 5.69 Å². The van der Waals surface area contributed by atoms with E-state index < -0.39 is 16.4 Å². The molecule has 0 aliphatic carbocycles. The standard InChI is InChI=1S/C10H10FNO3/c1-2-8(13)6-7-4-3-5-9(11)10(7)12(14)15/h3-5H,2,6H2,1H3. The Morgan fingerprint density at radius 1 is 1.53 bits per heavy atom. The third-order valence-corrected chi connectivity index (χ3v) is 2.03. The van der Waals surface area contributed by atoms with Gasteiger partial charge in [0, 0.05) is 18.4 Å². The van der Waals surface area contributed by atoms with Gasteiger partial charge in [-0.1, -0.05) is 19.1 Å². The minimum atomic E-state index is -0.901. The van der Waals surface area contributed by atoms with Crippen LogP contribution in [-0.4, -0.2) is 10.7 Å². The van der Waals surface area contributed by atoms with Crippen molar-refractivity contribution in [3.63, 3.8) is 0 Å². The molecule has 0 aliphatic heterocycles. The van der Waals surface area contributed by atoms with Gasteiger partial charge in [0.2, 0.25) is 5.82 Å². The lowest BCUT2D eigenvalue weighted by Gasteiger charge is -2.01. The molecule has 1 rings (SSSR count). The SMILES string of the molecule is CCC(=O)Cc1cccc(F)c1[N+](=O)[O-]. The third kappa shape index (κ3) is 2.59. The summed E-state index contributed by atoms with van der Waals surface area (Å²) in [7, 11) is 0. The first-order valence-electron chi connectivity index (χ1n) is 4.49. The molecule has 0 atom stereocenters. The number of benzene rings is 1. The van der Waals surface area contributed by atoms with Crippen molar-refractivity contribution in [2.45, 2.75) is 19.8 Å². The summed E-state index contributed by atoms with van der Waals surface area (Å²) in [5, 5.41) is 10.6. The molecule has 4 nitrogen and oxygen atoms in total. The zero-order chi connectivity index (χ0) is 11.4. The molecule has 1 aromatic carbocycles. The molecule has 0 saturated heterocycles. The van der Waals surface area contributed by atoms with E-state index in [1.165, 1.54) is 12.1 Å². The third-order valence-electron chi connectivity index (χ3n) is 2.03. The van der Waals surface area contributed by atoms with Crippen LogP contribution in [0.2, 0.25) is 0 Å². The average Bonchev–Trinajstić information content (AvgIpc) is 2.17. The van der Waals surface area contributed by atoms with Gasteiger partial charge < -0.3 is 0 Å². The summed E-state index contributed by atoms with van der Waals surface area (Å²) >= 11 is 0. The normalized spacial score (nSPS) is 10.0. The molecule has 0 saturated carbocycles. The molecule has 0 fully saturated rings. The van der Waals surface area contributed by atoms with Crippen molar-refractivity contribution < 1.29 is 14.1 Å². The second-order valence-corrected chi connectivity index (χ2v) is 3.07. The van der Waals surface area contributed by atoms with Gasteiger partial charge in [-0.2, -0.15) is 4.39 Å². The van der Waals surface area contributed by atoms with Crippen molar-refractivity contribution >= 4 is 11.5 Å². The molecule has 0 bridgehead atoms. The molecule has 5 heteroatoms. The van der Waals surface area contributed by atoms with Gasteiger partial charge in [0.15, 0.2) is 0 Å². The highest BCUT2D eigenvalue weighted by molar-refractivity contribution is 5.81. The molecule has 0 aliphatic rings. The van der Waals surface area contributed by atoms with Crippen molar-refractivity contribution in [2.24, 2.45) is 0 Å². The molecule has 0 spiro atoms. The minimum Gasteiger partial charge on any atom is -0.299 e. The Morgan fingerprint density at radius 3 is 2.73 bits per heavy atom. The molecular weight excluding hydrogens is 201 g/mol. The molecule has 0 N–H and O–H groups in total. The molecule has 80 valence electrons. The predicted octanol–water partition coefficient (Wildman–Crippen LogP) is 2.26. The lowest BCUT2D eigenvalue weighted by molar-refractivity contribution is -0.388. The molecular formula is C10H10FNO3. The number of hydrogen-bond acceptors (Lipinski definition) is 3. The van der Waals surface area contributed by atoms with Gasteiger partial charge in [0.25, 0.3) is 0 Å². The summed E-state index contributed by atoms with van der Waals surface area (Å²) < 4.78 is 13.1. The molecule has 1 aromatic rings. The number of hydrogen-bond donors (Lipinski definition) is 0. The summed E-state index contributed by atoms with van der Waals surface area (Å²) in [4.78, 5) is 20.9. The fourth-order valence-corrected chi connectivity index (χ4v) is 1.24. The van der Waals surface area contributed by atoms with E-state index >= 15 is 0 Å². The van der Waals surface area contributed by atoms with Crippen molar-refractivity contribution in [1.82, 2.24) is 0 Å². The largest absolute Gasteiger partial charge is 0.308 e. The summed E-state index contributed by atoms with van der Waals surface area (Å²) in [5.74, 6) is -1.05. The first-order valence-corrected chi connectivity index (χ1v) is 4.49. The Labute approximate surface area is 85.9 Å². The summed E-state index contributed by atoms with van der Waals surface area (Å²) in [6, 6.07) is 3.77. The lowest BCUT2D eigenvalue weighted by atomic mass is 10.1. The highest BCUT2D eigenvalue weighted by Crippen LogP contribution is 2.22. The maximum Gasteiger partial charge on any atom is 0.308 e. The van der Waals surface area contributed by atoms with E-state index in [4.69, 9.17) is 0 Å². The zero-order valence-corrected chi connectivity index (χ0v) is 8.20. The number of ketones is 1. The Kier molecular flexibility index (Phi) is 3.49. The monoisotopic (exact) mass is 211 g/mol. The fourth-order valence-electron chi connectivity index (χ4n) is 1.24.